The van der Waals surface area contributed by atoms with Crippen molar-refractivity contribution in [3.05, 3.63) is 71.8 Å². The molecule has 0 spiro atoms. The molecular weight excluding hydrogens is 384 g/mol. The van der Waals surface area contributed by atoms with E-state index < -0.39 is 30.1 Å². The molecule has 0 saturated heterocycles. The van der Waals surface area contributed by atoms with E-state index in [1.165, 1.54) is 0 Å². The van der Waals surface area contributed by atoms with Crippen LogP contribution < -0.4 is 10.6 Å². The molecule has 2 aromatic carbocycles. The SMILES string of the molecule is CC(C)C[C@H](NC(=O)OCc1ccccc1)C(=O)N[C@@H](Cc1ccccc1)C(=O)O. The Morgan fingerprint density at radius 1 is 0.867 bits per heavy atom. The van der Waals surface area contributed by atoms with Crippen molar-refractivity contribution in [2.75, 3.05) is 0 Å². The molecule has 0 saturated carbocycles. The molecule has 30 heavy (non-hydrogen) atoms. The number of hydrogen-bond donors (Lipinski definition) is 3. The minimum atomic E-state index is -1.14. The van der Waals surface area contributed by atoms with Crippen molar-refractivity contribution in [1.29, 1.82) is 0 Å². The number of nitrogens with one attached hydrogen (secondary N) is 2. The molecular formula is C23H28N2O5. The third-order valence-corrected chi connectivity index (χ3v) is 4.43. The van der Waals surface area contributed by atoms with Crippen molar-refractivity contribution >= 4 is 18.0 Å². The fourth-order valence-electron chi connectivity index (χ4n) is 2.93. The molecule has 3 N–H and O–H groups in total. The molecule has 0 heterocycles. The quantitative estimate of drug-likeness (QED) is 0.556. The van der Waals surface area contributed by atoms with Crippen molar-refractivity contribution in [1.82, 2.24) is 10.6 Å². The molecule has 0 aliphatic carbocycles. The van der Waals surface area contributed by atoms with E-state index in [1.54, 1.807) is 12.1 Å². The van der Waals surface area contributed by atoms with E-state index in [9.17, 15) is 19.5 Å². The van der Waals surface area contributed by atoms with Gasteiger partial charge in [0, 0.05) is 6.42 Å². The number of rotatable bonds is 10. The third kappa shape index (κ3) is 7.95. The Morgan fingerprint density at radius 2 is 1.43 bits per heavy atom. The molecule has 0 aromatic heterocycles. The Bertz CT molecular complexity index is 824. The van der Waals surface area contributed by atoms with Crippen molar-refractivity contribution in [3.8, 4) is 0 Å². The lowest BCUT2D eigenvalue weighted by molar-refractivity contribution is -0.142. The van der Waals surface area contributed by atoms with Gasteiger partial charge in [0.15, 0.2) is 0 Å². The maximum atomic E-state index is 12.7. The van der Waals surface area contributed by atoms with E-state index in [-0.39, 0.29) is 18.9 Å². The van der Waals surface area contributed by atoms with Crippen LogP contribution in [0, 0.1) is 5.92 Å². The number of carboxylic acids is 1. The van der Waals surface area contributed by atoms with Gasteiger partial charge in [-0.15, -0.1) is 0 Å². The Kier molecular flexibility index (Phi) is 8.87. The van der Waals surface area contributed by atoms with Crippen molar-refractivity contribution < 1.29 is 24.2 Å². The second-order valence-corrected chi connectivity index (χ2v) is 7.48. The number of amides is 2. The molecule has 7 nitrogen and oxygen atoms in total. The molecule has 0 aliphatic heterocycles. The highest BCUT2D eigenvalue weighted by Crippen LogP contribution is 2.09. The number of carboxylic acid groups (broad SMARTS) is 1. The summed E-state index contributed by atoms with van der Waals surface area (Å²) in [5, 5.41) is 14.6. The molecule has 160 valence electrons. The fraction of sp³-hybridized carbons (Fsp3) is 0.348. The summed E-state index contributed by atoms with van der Waals surface area (Å²) in [4.78, 5) is 36.6. The summed E-state index contributed by atoms with van der Waals surface area (Å²) < 4.78 is 5.19. The minimum absolute atomic E-state index is 0.0778. The summed E-state index contributed by atoms with van der Waals surface area (Å²) in [6, 6.07) is 16.2. The van der Waals surface area contributed by atoms with Gasteiger partial charge < -0.3 is 20.5 Å². The van der Waals surface area contributed by atoms with Crippen LogP contribution in [0.1, 0.15) is 31.4 Å². The number of benzene rings is 2. The van der Waals surface area contributed by atoms with E-state index >= 15 is 0 Å². The fourth-order valence-corrected chi connectivity index (χ4v) is 2.93. The summed E-state index contributed by atoms with van der Waals surface area (Å²) in [6.45, 7) is 3.90. The molecule has 0 bridgehead atoms. The summed E-state index contributed by atoms with van der Waals surface area (Å²) >= 11 is 0. The van der Waals surface area contributed by atoms with E-state index in [2.05, 4.69) is 10.6 Å². The summed E-state index contributed by atoms with van der Waals surface area (Å²) in [5.41, 5.74) is 1.62. The molecule has 2 amide bonds. The largest absolute Gasteiger partial charge is 0.480 e. The van der Waals surface area contributed by atoms with Crippen LogP contribution in [-0.4, -0.2) is 35.2 Å². The standard InChI is InChI=1S/C23H28N2O5/c1-16(2)13-19(25-23(29)30-15-18-11-7-4-8-12-18)21(26)24-20(22(27)28)14-17-9-5-3-6-10-17/h3-12,16,19-20H,13-15H2,1-2H3,(H,24,26)(H,25,29)(H,27,28)/t19-,20-/m0/s1. The first-order valence-corrected chi connectivity index (χ1v) is 9.89. The third-order valence-electron chi connectivity index (χ3n) is 4.43. The predicted octanol–water partition coefficient (Wildman–Crippen LogP) is 3.14. The van der Waals surface area contributed by atoms with Gasteiger partial charge in [0.1, 0.15) is 18.7 Å². The summed E-state index contributed by atoms with van der Waals surface area (Å²) in [7, 11) is 0. The number of hydrogen-bond acceptors (Lipinski definition) is 4. The molecule has 0 fully saturated rings. The maximum Gasteiger partial charge on any atom is 0.408 e. The molecule has 2 atom stereocenters. The Morgan fingerprint density at radius 3 is 1.97 bits per heavy atom. The lowest BCUT2D eigenvalue weighted by atomic mass is 10.0. The van der Waals surface area contributed by atoms with E-state index in [0.29, 0.717) is 6.42 Å². The number of alkyl carbamates (subject to hydrolysis) is 1. The van der Waals surface area contributed by atoms with Gasteiger partial charge in [0.25, 0.3) is 0 Å². The lowest BCUT2D eigenvalue weighted by Crippen LogP contribution is -2.52. The van der Waals surface area contributed by atoms with Gasteiger partial charge in [-0.1, -0.05) is 74.5 Å². The Balaban J connectivity index is 1.98. The molecule has 0 aliphatic rings. The van der Waals surface area contributed by atoms with Crippen molar-refractivity contribution in [3.63, 3.8) is 0 Å². The van der Waals surface area contributed by atoms with Crippen LogP contribution >= 0.6 is 0 Å². The Hall–Kier alpha value is -3.35. The first kappa shape index (κ1) is 22.9. The van der Waals surface area contributed by atoms with E-state index in [1.807, 2.05) is 62.4 Å². The smallest absolute Gasteiger partial charge is 0.408 e. The zero-order chi connectivity index (χ0) is 21.9. The zero-order valence-corrected chi connectivity index (χ0v) is 17.2. The number of carbonyl (C=O) groups excluding carboxylic acids is 2. The highest BCUT2D eigenvalue weighted by atomic mass is 16.5. The van der Waals surface area contributed by atoms with Crippen LogP contribution in [0.3, 0.4) is 0 Å². The number of ether oxygens (including phenoxy) is 1. The second-order valence-electron chi connectivity index (χ2n) is 7.48. The highest BCUT2D eigenvalue weighted by Gasteiger charge is 2.27. The molecule has 0 radical (unpaired) electrons. The highest BCUT2D eigenvalue weighted by molar-refractivity contribution is 5.89. The van der Waals surface area contributed by atoms with Gasteiger partial charge in [-0.05, 0) is 23.5 Å². The lowest BCUT2D eigenvalue weighted by Gasteiger charge is -2.22. The topological polar surface area (TPSA) is 105 Å². The van der Waals surface area contributed by atoms with Crippen LogP contribution in [-0.2, 0) is 27.4 Å². The maximum absolute atomic E-state index is 12.7. The van der Waals surface area contributed by atoms with Gasteiger partial charge in [-0.25, -0.2) is 9.59 Å². The van der Waals surface area contributed by atoms with Crippen molar-refractivity contribution in [2.24, 2.45) is 5.92 Å². The van der Waals surface area contributed by atoms with E-state index in [4.69, 9.17) is 4.74 Å². The average molecular weight is 412 g/mol. The monoisotopic (exact) mass is 412 g/mol. The molecule has 7 heteroatoms. The normalized spacial score (nSPS) is 12.6. The minimum Gasteiger partial charge on any atom is -0.480 e. The van der Waals surface area contributed by atoms with Crippen LogP contribution in [0.2, 0.25) is 0 Å². The van der Waals surface area contributed by atoms with Gasteiger partial charge in [-0.2, -0.15) is 0 Å². The Labute approximate surface area is 176 Å². The van der Waals surface area contributed by atoms with Crippen LogP contribution in [0.25, 0.3) is 0 Å². The average Bonchev–Trinajstić information content (AvgIpc) is 2.72. The van der Waals surface area contributed by atoms with Gasteiger partial charge in [0.05, 0.1) is 0 Å². The van der Waals surface area contributed by atoms with Gasteiger partial charge >= 0.3 is 12.1 Å². The van der Waals surface area contributed by atoms with Gasteiger partial charge in [0.2, 0.25) is 5.91 Å². The molecule has 0 unspecified atom stereocenters. The zero-order valence-electron chi connectivity index (χ0n) is 17.2. The van der Waals surface area contributed by atoms with Crippen LogP contribution in [0.15, 0.2) is 60.7 Å². The first-order chi connectivity index (χ1) is 14.3. The molecule has 2 aromatic rings. The number of aliphatic carboxylic acids is 1. The van der Waals surface area contributed by atoms with Crippen molar-refractivity contribution in [2.45, 2.75) is 45.4 Å². The predicted molar refractivity (Wildman–Crippen MR) is 113 cm³/mol. The summed E-state index contributed by atoms with van der Waals surface area (Å²) in [6.07, 6.45) is -0.229. The molecule has 2 rings (SSSR count). The first-order valence-electron chi connectivity index (χ1n) is 9.89. The van der Waals surface area contributed by atoms with Gasteiger partial charge in [-0.3, -0.25) is 4.79 Å². The number of carbonyl (C=O) groups is 3. The second kappa shape index (κ2) is 11.6. The van der Waals surface area contributed by atoms with Crippen LogP contribution in [0.5, 0.6) is 0 Å². The van der Waals surface area contributed by atoms with Crippen LogP contribution in [0.4, 0.5) is 4.79 Å². The summed E-state index contributed by atoms with van der Waals surface area (Å²) in [5.74, 6) is -1.58. The van der Waals surface area contributed by atoms with E-state index in [0.717, 1.165) is 11.1 Å².